The van der Waals surface area contributed by atoms with Gasteiger partial charge in [-0.05, 0) is 31.5 Å². The Kier molecular flexibility index (Phi) is 4.42. The highest BCUT2D eigenvalue weighted by Gasteiger charge is 2.40. The molecule has 2 aromatic rings. The van der Waals surface area contributed by atoms with Crippen molar-refractivity contribution in [2.75, 3.05) is 5.32 Å². The third-order valence-electron chi connectivity index (χ3n) is 4.17. The second kappa shape index (κ2) is 6.66. The fourth-order valence-electron chi connectivity index (χ4n) is 2.90. The fraction of sp³-hybridized carbons (Fsp3) is 0.211. The summed E-state index contributed by atoms with van der Waals surface area (Å²) in [5.41, 5.74) is 5.84. The second-order valence-corrected chi connectivity index (χ2v) is 5.95. The summed E-state index contributed by atoms with van der Waals surface area (Å²) in [5, 5.41) is 6.89. The van der Waals surface area contributed by atoms with Crippen LogP contribution in [0.2, 0.25) is 0 Å². The van der Waals surface area contributed by atoms with Gasteiger partial charge in [-0.25, -0.2) is 5.43 Å². The van der Waals surface area contributed by atoms with Crippen molar-refractivity contribution in [3.05, 3.63) is 65.7 Å². The first-order valence-electron chi connectivity index (χ1n) is 7.83. The Labute approximate surface area is 140 Å². The molecule has 0 aromatic heterocycles. The van der Waals surface area contributed by atoms with E-state index in [4.69, 9.17) is 0 Å². The highest BCUT2D eigenvalue weighted by atomic mass is 16.2. The van der Waals surface area contributed by atoms with Crippen LogP contribution in [-0.4, -0.2) is 17.5 Å². The van der Waals surface area contributed by atoms with Crippen LogP contribution in [-0.2, 0) is 9.59 Å². The molecule has 0 saturated heterocycles. The van der Waals surface area contributed by atoms with E-state index in [1.807, 2.05) is 68.4 Å². The van der Waals surface area contributed by atoms with Crippen molar-refractivity contribution in [1.82, 2.24) is 5.43 Å². The van der Waals surface area contributed by atoms with Crippen LogP contribution in [0.5, 0.6) is 0 Å². The van der Waals surface area contributed by atoms with Gasteiger partial charge in [0.1, 0.15) is 5.92 Å². The zero-order valence-electron chi connectivity index (χ0n) is 13.6. The lowest BCUT2D eigenvalue weighted by Crippen LogP contribution is -2.46. The number of hydrogen-bond donors (Lipinski definition) is 2. The Morgan fingerprint density at radius 1 is 1.04 bits per heavy atom. The zero-order valence-corrected chi connectivity index (χ0v) is 13.6. The maximum atomic E-state index is 12.8. The predicted octanol–water partition coefficient (Wildman–Crippen LogP) is 2.84. The molecule has 0 spiro atoms. The molecule has 2 aromatic carbocycles. The smallest absolute Gasteiger partial charge is 0.253 e. The minimum Gasteiger partial charge on any atom is -0.325 e. The Bertz CT molecular complexity index is 782. The molecule has 0 radical (unpaired) electrons. The van der Waals surface area contributed by atoms with Crippen molar-refractivity contribution in [2.24, 2.45) is 11.0 Å². The molecular weight excluding hydrogens is 302 g/mol. The summed E-state index contributed by atoms with van der Waals surface area (Å²) >= 11 is 0. The van der Waals surface area contributed by atoms with Gasteiger partial charge in [-0.3, -0.25) is 9.59 Å². The molecular formula is C19H19N3O2. The van der Waals surface area contributed by atoms with E-state index >= 15 is 0 Å². The average Bonchev–Trinajstić information content (AvgIpc) is 2.59. The lowest BCUT2D eigenvalue weighted by atomic mass is 9.81. The molecule has 0 saturated carbocycles. The monoisotopic (exact) mass is 321 g/mol. The Morgan fingerprint density at radius 3 is 2.38 bits per heavy atom. The predicted molar refractivity (Wildman–Crippen MR) is 93.7 cm³/mol. The molecule has 0 bridgehead atoms. The summed E-state index contributed by atoms with van der Waals surface area (Å²) < 4.78 is 0. The summed E-state index contributed by atoms with van der Waals surface area (Å²) in [7, 11) is 0. The molecule has 3 rings (SSSR count). The number of aryl methyl sites for hydroxylation is 1. The summed E-state index contributed by atoms with van der Waals surface area (Å²) in [6.45, 7) is 3.80. The third-order valence-corrected chi connectivity index (χ3v) is 4.17. The molecule has 0 fully saturated rings. The molecule has 122 valence electrons. The van der Waals surface area contributed by atoms with E-state index in [1.165, 1.54) is 0 Å². The van der Waals surface area contributed by atoms with Crippen LogP contribution >= 0.6 is 0 Å². The van der Waals surface area contributed by atoms with Gasteiger partial charge >= 0.3 is 0 Å². The molecule has 5 heteroatoms. The highest BCUT2D eigenvalue weighted by Crippen LogP contribution is 2.30. The van der Waals surface area contributed by atoms with Gasteiger partial charge < -0.3 is 5.32 Å². The first-order chi connectivity index (χ1) is 11.6. The van der Waals surface area contributed by atoms with E-state index in [9.17, 15) is 9.59 Å². The van der Waals surface area contributed by atoms with Crippen molar-refractivity contribution in [3.8, 4) is 0 Å². The van der Waals surface area contributed by atoms with Crippen LogP contribution in [0, 0.1) is 12.8 Å². The number of carbonyl (C=O) groups is 2. The molecule has 1 aliphatic heterocycles. The maximum absolute atomic E-state index is 12.8. The van der Waals surface area contributed by atoms with Crippen LogP contribution in [0.25, 0.3) is 0 Å². The Hall–Kier alpha value is -2.95. The lowest BCUT2D eigenvalue weighted by molar-refractivity contribution is -0.133. The molecule has 0 aliphatic carbocycles. The normalized spacial score (nSPS) is 20.1. The minimum atomic E-state index is -0.855. The van der Waals surface area contributed by atoms with E-state index < -0.39 is 5.92 Å². The highest BCUT2D eigenvalue weighted by molar-refractivity contribution is 6.13. The molecule has 5 nitrogen and oxygen atoms in total. The number of carbonyl (C=O) groups excluding carboxylic acids is 2. The topological polar surface area (TPSA) is 70.6 Å². The van der Waals surface area contributed by atoms with Crippen molar-refractivity contribution in [1.29, 1.82) is 0 Å². The number of amides is 2. The Balaban J connectivity index is 1.90. The molecule has 24 heavy (non-hydrogen) atoms. The van der Waals surface area contributed by atoms with Crippen LogP contribution in [0.15, 0.2) is 59.7 Å². The number of rotatable bonds is 3. The number of benzene rings is 2. The van der Waals surface area contributed by atoms with Crippen molar-refractivity contribution in [3.63, 3.8) is 0 Å². The summed E-state index contributed by atoms with van der Waals surface area (Å²) in [4.78, 5) is 25.1. The van der Waals surface area contributed by atoms with Crippen molar-refractivity contribution in [2.45, 2.75) is 19.8 Å². The number of hydrazone groups is 1. The molecule has 2 amide bonds. The van der Waals surface area contributed by atoms with Gasteiger partial charge in [-0.1, -0.05) is 48.0 Å². The standard InChI is InChI=1S/C19H19N3O2/c1-12-8-10-15(11-9-12)20-18(23)17-16(13(2)21-22-19(17)24)14-6-4-3-5-7-14/h3-11,16-17H,1-2H3,(H,20,23)(H,22,24). The van der Waals surface area contributed by atoms with Crippen molar-refractivity contribution < 1.29 is 9.59 Å². The van der Waals surface area contributed by atoms with Gasteiger partial charge in [0.25, 0.3) is 5.91 Å². The first kappa shape index (κ1) is 15.9. The van der Waals surface area contributed by atoms with Crippen LogP contribution in [0.3, 0.4) is 0 Å². The molecule has 2 atom stereocenters. The van der Waals surface area contributed by atoms with E-state index in [1.54, 1.807) is 0 Å². The quantitative estimate of drug-likeness (QED) is 0.853. The van der Waals surface area contributed by atoms with Crippen molar-refractivity contribution >= 4 is 23.2 Å². The summed E-state index contributed by atoms with van der Waals surface area (Å²) in [6.07, 6.45) is 0. The molecule has 1 aliphatic rings. The molecule has 2 unspecified atom stereocenters. The van der Waals surface area contributed by atoms with E-state index in [0.29, 0.717) is 11.4 Å². The average molecular weight is 321 g/mol. The van der Waals surface area contributed by atoms with E-state index in [0.717, 1.165) is 11.1 Å². The molecule has 1 heterocycles. The van der Waals surface area contributed by atoms with Gasteiger partial charge in [0, 0.05) is 17.3 Å². The van der Waals surface area contributed by atoms with Gasteiger partial charge in [-0.15, -0.1) is 0 Å². The summed E-state index contributed by atoms with van der Waals surface area (Å²) in [5.74, 6) is -1.95. The number of anilines is 1. The zero-order chi connectivity index (χ0) is 17.1. The number of hydrogen-bond acceptors (Lipinski definition) is 3. The lowest BCUT2D eigenvalue weighted by Gasteiger charge is -2.28. The van der Waals surface area contributed by atoms with Crippen LogP contribution in [0.4, 0.5) is 5.69 Å². The number of nitrogens with one attached hydrogen (secondary N) is 2. The summed E-state index contributed by atoms with van der Waals surface area (Å²) in [6, 6.07) is 17.0. The van der Waals surface area contributed by atoms with Gasteiger partial charge in [0.15, 0.2) is 0 Å². The fourth-order valence-corrected chi connectivity index (χ4v) is 2.90. The van der Waals surface area contributed by atoms with E-state index in [2.05, 4.69) is 15.8 Å². The second-order valence-electron chi connectivity index (χ2n) is 5.95. The van der Waals surface area contributed by atoms with Gasteiger partial charge in [0.05, 0.1) is 0 Å². The largest absolute Gasteiger partial charge is 0.325 e. The minimum absolute atomic E-state index is 0.334. The number of nitrogens with zero attached hydrogens (tertiary/aromatic N) is 1. The van der Waals surface area contributed by atoms with E-state index in [-0.39, 0.29) is 17.7 Å². The SMILES string of the molecule is CC1=NNC(=O)C(C(=O)Nc2ccc(C)cc2)C1c1ccccc1. The first-order valence-corrected chi connectivity index (χ1v) is 7.83. The third kappa shape index (κ3) is 3.20. The Morgan fingerprint density at radius 2 is 1.71 bits per heavy atom. The van der Waals surface area contributed by atoms with Crippen LogP contribution in [0.1, 0.15) is 24.0 Å². The maximum Gasteiger partial charge on any atom is 0.253 e. The molecule has 2 N–H and O–H groups in total. The van der Waals surface area contributed by atoms with Crippen LogP contribution < -0.4 is 10.7 Å². The van der Waals surface area contributed by atoms with Gasteiger partial charge in [0.2, 0.25) is 5.91 Å². The van der Waals surface area contributed by atoms with Gasteiger partial charge in [-0.2, -0.15) is 5.10 Å².